The summed E-state index contributed by atoms with van der Waals surface area (Å²) in [4.78, 5) is 0. The van der Waals surface area contributed by atoms with Gasteiger partial charge in [0.25, 0.3) is 0 Å². The second-order valence-corrected chi connectivity index (χ2v) is 3.29. The molecule has 0 spiro atoms. The van der Waals surface area contributed by atoms with Crippen LogP contribution in [0.15, 0.2) is 48.5 Å². The summed E-state index contributed by atoms with van der Waals surface area (Å²) in [5.74, 6) is 0. The summed E-state index contributed by atoms with van der Waals surface area (Å²) in [5, 5.41) is 0. The molecule has 2 aromatic rings. The second kappa shape index (κ2) is 11.1. The van der Waals surface area contributed by atoms with Crippen LogP contribution in [-0.4, -0.2) is 0 Å². The molecule has 0 saturated carbocycles. The third-order valence-corrected chi connectivity index (χ3v) is 2.28. The molecule has 0 fully saturated rings. The molecule has 85 valence electrons. The Morgan fingerprint density at radius 2 is 0.938 bits per heavy atom. The predicted octanol–water partition coefficient (Wildman–Crippen LogP) is 4.38. The number of rotatable bonds is 2. The molecule has 16 heavy (non-hydrogen) atoms. The van der Waals surface area contributed by atoms with E-state index in [0.29, 0.717) is 0 Å². The number of hydrogen-bond donors (Lipinski definition) is 0. The molecule has 0 aliphatic carbocycles. The van der Waals surface area contributed by atoms with Gasteiger partial charge in [-0.3, -0.25) is 0 Å². The fourth-order valence-corrected chi connectivity index (χ4v) is 1.30. The van der Waals surface area contributed by atoms with Gasteiger partial charge in [-0.2, -0.15) is 35.4 Å². The van der Waals surface area contributed by atoms with Crippen LogP contribution in [0.4, 0.5) is 0 Å². The minimum absolute atomic E-state index is 0. The van der Waals surface area contributed by atoms with Crippen molar-refractivity contribution >= 4 is 0 Å². The van der Waals surface area contributed by atoms with Gasteiger partial charge in [0, 0.05) is 0 Å². The summed E-state index contributed by atoms with van der Waals surface area (Å²) in [6.07, 6.45) is 2.32. The van der Waals surface area contributed by atoms with E-state index in [-0.39, 0.29) is 33.6 Å². The average molecular weight is 293 g/mol. The standard InChI is InChI=1S/2C7H9.CH3.Zr/c2*1-2-7-5-3-4-6-7;;/h2*3-6H,2H2,1H3;1H3;/q3*-1;+3. The Hall–Kier alpha value is -0.417. The monoisotopic (exact) mass is 291 g/mol. The van der Waals surface area contributed by atoms with Crippen molar-refractivity contribution in [3.63, 3.8) is 0 Å². The molecule has 0 saturated heterocycles. The molecule has 0 N–H and O–H groups in total. The maximum absolute atomic E-state index is 2.16. The fraction of sp³-hybridized carbons (Fsp3) is 0.267. The predicted molar refractivity (Wildman–Crippen MR) is 69.2 cm³/mol. The van der Waals surface area contributed by atoms with Gasteiger partial charge in [0.1, 0.15) is 0 Å². The van der Waals surface area contributed by atoms with Gasteiger partial charge in [0.2, 0.25) is 0 Å². The molecule has 1 heteroatoms. The molecule has 2 rings (SSSR count). The maximum atomic E-state index is 2.16. The first-order valence-corrected chi connectivity index (χ1v) is 5.28. The molecule has 0 atom stereocenters. The Morgan fingerprint density at radius 3 is 1.06 bits per heavy atom. The van der Waals surface area contributed by atoms with E-state index in [9.17, 15) is 0 Å². The van der Waals surface area contributed by atoms with Crippen molar-refractivity contribution in [2.24, 2.45) is 0 Å². The zero-order chi connectivity index (χ0) is 10.2. The van der Waals surface area contributed by atoms with Gasteiger partial charge in [-0.25, -0.2) is 24.3 Å². The molecule has 0 bridgehead atoms. The molecule has 1 radical (unpaired) electrons. The summed E-state index contributed by atoms with van der Waals surface area (Å²) in [5.41, 5.74) is 2.86. The van der Waals surface area contributed by atoms with Gasteiger partial charge >= 0.3 is 26.2 Å². The van der Waals surface area contributed by atoms with Crippen LogP contribution in [0.1, 0.15) is 25.0 Å². The van der Waals surface area contributed by atoms with Crippen molar-refractivity contribution in [3.8, 4) is 0 Å². The van der Waals surface area contributed by atoms with Crippen molar-refractivity contribution in [1.82, 2.24) is 0 Å². The van der Waals surface area contributed by atoms with E-state index in [1.165, 1.54) is 11.1 Å². The Balaban J connectivity index is 0. The van der Waals surface area contributed by atoms with Crippen molar-refractivity contribution in [3.05, 3.63) is 67.1 Å². The van der Waals surface area contributed by atoms with Crippen molar-refractivity contribution in [2.75, 3.05) is 0 Å². The second-order valence-electron chi connectivity index (χ2n) is 3.29. The maximum Gasteiger partial charge on any atom is 3.00 e. The molecule has 2 aromatic carbocycles. The summed E-state index contributed by atoms with van der Waals surface area (Å²) in [6.45, 7) is 4.32. The molecule has 0 heterocycles. The quantitative estimate of drug-likeness (QED) is 0.720. The van der Waals surface area contributed by atoms with Gasteiger partial charge in [0.15, 0.2) is 0 Å². The average Bonchev–Trinajstić information content (AvgIpc) is 2.92. The molecule has 0 nitrogen and oxygen atoms in total. The summed E-state index contributed by atoms with van der Waals surface area (Å²) in [7, 11) is 0. The van der Waals surface area contributed by atoms with Gasteiger partial charge in [0.05, 0.1) is 0 Å². The zero-order valence-corrected chi connectivity index (χ0v) is 13.0. The van der Waals surface area contributed by atoms with Crippen LogP contribution in [-0.2, 0) is 39.0 Å². The third kappa shape index (κ3) is 6.96. The van der Waals surface area contributed by atoms with Crippen LogP contribution in [0.3, 0.4) is 0 Å². The van der Waals surface area contributed by atoms with Crippen LogP contribution in [0.2, 0.25) is 0 Å². The van der Waals surface area contributed by atoms with Crippen LogP contribution in [0.5, 0.6) is 0 Å². The topological polar surface area (TPSA) is 0 Å². The first kappa shape index (κ1) is 18.0. The van der Waals surface area contributed by atoms with Crippen LogP contribution in [0.25, 0.3) is 0 Å². The first-order valence-electron chi connectivity index (χ1n) is 5.28. The van der Waals surface area contributed by atoms with Gasteiger partial charge in [-0.1, -0.05) is 26.7 Å². The van der Waals surface area contributed by atoms with Gasteiger partial charge in [-0.05, 0) is 0 Å². The van der Waals surface area contributed by atoms with Crippen molar-refractivity contribution in [1.29, 1.82) is 0 Å². The largest absolute Gasteiger partial charge is 3.00 e. The molecule has 0 aliphatic heterocycles. The Labute approximate surface area is 120 Å². The van der Waals surface area contributed by atoms with Gasteiger partial charge in [-0.15, -0.1) is 0 Å². The first-order chi connectivity index (χ1) is 6.86. The van der Waals surface area contributed by atoms with E-state index >= 15 is 0 Å². The van der Waals surface area contributed by atoms with Crippen LogP contribution >= 0.6 is 0 Å². The van der Waals surface area contributed by atoms with E-state index in [1.807, 2.05) is 0 Å². The SMILES string of the molecule is CC[c-]1cccc1.CC[c-]1cccc1.[CH3-].[Zr+3]. The van der Waals surface area contributed by atoms with E-state index in [1.54, 1.807) is 0 Å². The Bertz CT molecular complexity index is 269. The molecule has 0 aromatic heterocycles. The third-order valence-electron chi connectivity index (χ3n) is 2.28. The van der Waals surface area contributed by atoms with Gasteiger partial charge < -0.3 is 7.43 Å². The Kier molecular flexibility index (Phi) is 12.4. The molecular formula is C15H21Zr. The van der Waals surface area contributed by atoms with Crippen molar-refractivity contribution in [2.45, 2.75) is 26.7 Å². The summed E-state index contributed by atoms with van der Waals surface area (Å²) >= 11 is 0. The Morgan fingerprint density at radius 1 is 0.688 bits per heavy atom. The van der Waals surface area contributed by atoms with Crippen LogP contribution < -0.4 is 0 Å². The van der Waals surface area contributed by atoms with E-state index in [0.717, 1.165) is 12.8 Å². The van der Waals surface area contributed by atoms with Crippen molar-refractivity contribution < 1.29 is 26.2 Å². The number of aryl methyl sites for hydroxylation is 2. The molecule has 0 aliphatic rings. The minimum atomic E-state index is 0. The fourth-order valence-electron chi connectivity index (χ4n) is 1.30. The normalized spacial score (nSPS) is 8.12. The minimum Gasteiger partial charge on any atom is -0.358 e. The summed E-state index contributed by atoms with van der Waals surface area (Å²) < 4.78 is 0. The smallest absolute Gasteiger partial charge is 0.358 e. The summed E-state index contributed by atoms with van der Waals surface area (Å²) in [6, 6.07) is 16.8. The van der Waals surface area contributed by atoms with E-state index in [4.69, 9.17) is 0 Å². The molecule has 0 unspecified atom stereocenters. The number of hydrogen-bond acceptors (Lipinski definition) is 0. The van der Waals surface area contributed by atoms with E-state index < -0.39 is 0 Å². The molecule has 0 amide bonds. The van der Waals surface area contributed by atoms with E-state index in [2.05, 4.69) is 62.4 Å². The van der Waals surface area contributed by atoms with Crippen LogP contribution in [0, 0.1) is 7.43 Å². The zero-order valence-electron chi connectivity index (χ0n) is 10.5. The molecular weight excluding hydrogens is 271 g/mol.